The van der Waals surface area contributed by atoms with E-state index in [4.69, 9.17) is 62.1 Å². The van der Waals surface area contributed by atoms with Crippen molar-refractivity contribution in [2.24, 2.45) is 0 Å². The second kappa shape index (κ2) is 27.5. The van der Waals surface area contributed by atoms with Crippen LogP contribution in [0.1, 0.15) is 49.9 Å². The molecule has 0 aliphatic carbocycles. The third-order valence-electron chi connectivity index (χ3n) is 7.86. The number of rotatable bonds is 22. The second-order valence-corrected chi connectivity index (χ2v) is 14.5. The number of nitrogens with zero attached hydrogens (tertiary/aromatic N) is 2. The van der Waals surface area contributed by atoms with E-state index >= 15 is 0 Å². The molecular formula is C44H44CaCl2F2N2O10. The Bertz CT molecular complexity index is 1950. The Hall–Kier alpha value is -4.38. The van der Waals surface area contributed by atoms with Crippen LogP contribution in [-0.2, 0) is 31.9 Å². The molecule has 0 radical (unpaired) electrons. The first-order valence-electron chi connectivity index (χ1n) is 18.7. The molecular weight excluding hydrogens is 865 g/mol. The molecule has 0 aliphatic heterocycles. The molecule has 61 heavy (non-hydrogen) atoms. The van der Waals surface area contributed by atoms with Crippen molar-refractivity contribution in [3.8, 4) is 35.1 Å². The summed E-state index contributed by atoms with van der Waals surface area (Å²) in [6, 6.07) is 26.2. The van der Waals surface area contributed by atoms with Crippen molar-refractivity contribution in [1.82, 2.24) is 0 Å². The van der Waals surface area contributed by atoms with E-state index in [0.717, 1.165) is 0 Å². The number of carboxylic acid groups (broad SMARTS) is 2. The van der Waals surface area contributed by atoms with Gasteiger partial charge in [-0.15, -0.1) is 0 Å². The number of ether oxygens (including phenoxy) is 6. The minimum atomic E-state index is -1.45. The van der Waals surface area contributed by atoms with Crippen LogP contribution in [0.2, 0.25) is 10.0 Å². The molecule has 0 spiro atoms. The van der Waals surface area contributed by atoms with Crippen LogP contribution in [0.3, 0.4) is 0 Å². The van der Waals surface area contributed by atoms with Crippen LogP contribution in [0.5, 0.6) is 23.0 Å². The second-order valence-electron chi connectivity index (χ2n) is 13.6. The van der Waals surface area contributed by atoms with E-state index in [1.54, 1.807) is 88.4 Å². The van der Waals surface area contributed by atoms with Gasteiger partial charge in [0.2, 0.25) is 0 Å². The molecule has 4 atom stereocenters. The van der Waals surface area contributed by atoms with E-state index in [0.29, 0.717) is 32.7 Å². The number of alkyl halides is 2. The van der Waals surface area contributed by atoms with Gasteiger partial charge in [0, 0.05) is 22.9 Å². The van der Waals surface area contributed by atoms with Crippen molar-refractivity contribution in [1.29, 1.82) is 10.5 Å². The van der Waals surface area contributed by atoms with Crippen molar-refractivity contribution in [2.45, 2.75) is 77.3 Å². The molecule has 17 heteroatoms. The van der Waals surface area contributed by atoms with Gasteiger partial charge < -0.3 is 48.2 Å². The summed E-state index contributed by atoms with van der Waals surface area (Å²) >= 11 is 11.6. The first-order chi connectivity index (χ1) is 28.6. The molecule has 4 aromatic carbocycles. The van der Waals surface area contributed by atoms with Crippen LogP contribution in [0.15, 0.2) is 84.9 Å². The monoisotopic (exact) mass is 908 g/mol. The number of benzene rings is 4. The molecule has 0 bridgehead atoms. The Morgan fingerprint density at radius 3 is 1.30 bits per heavy atom. The fourth-order valence-corrected chi connectivity index (χ4v) is 5.59. The average Bonchev–Trinajstić information content (AvgIpc) is 3.20. The van der Waals surface area contributed by atoms with Crippen LogP contribution in [0.4, 0.5) is 8.78 Å². The molecule has 4 rings (SSSR count). The number of carbonyl (C=O) groups excluding carboxylic acids is 2. The maximum atomic E-state index is 14.2. The van der Waals surface area contributed by atoms with Gasteiger partial charge in [0.15, 0.2) is 12.3 Å². The van der Waals surface area contributed by atoms with Gasteiger partial charge in [-0.25, -0.2) is 8.78 Å². The van der Waals surface area contributed by atoms with E-state index < -0.39 is 36.5 Å². The smallest absolute Gasteiger partial charge is 0.547 e. The molecule has 0 aromatic heterocycles. The first kappa shape index (κ1) is 52.8. The van der Waals surface area contributed by atoms with Crippen LogP contribution in [0, 0.1) is 22.7 Å². The molecule has 0 saturated heterocycles. The minimum absolute atomic E-state index is 0. The Morgan fingerprint density at radius 2 is 0.967 bits per heavy atom. The maximum absolute atomic E-state index is 14.2. The first-order valence-corrected chi connectivity index (χ1v) is 19.4. The molecule has 0 fully saturated rings. The van der Waals surface area contributed by atoms with Crippen LogP contribution < -0.4 is 29.2 Å². The van der Waals surface area contributed by atoms with Crippen LogP contribution >= 0.6 is 23.2 Å². The van der Waals surface area contributed by atoms with E-state index in [1.807, 2.05) is 12.1 Å². The van der Waals surface area contributed by atoms with Gasteiger partial charge in [0.25, 0.3) is 0 Å². The van der Waals surface area contributed by atoms with Crippen LogP contribution in [0.25, 0.3) is 0 Å². The van der Waals surface area contributed by atoms with Gasteiger partial charge >= 0.3 is 37.7 Å². The zero-order valence-corrected chi connectivity index (χ0v) is 37.7. The Balaban J connectivity index is 0.000000413. The summed E-state index contributed by atoms with van der Waals surface area (Å²) in [7, 11) is 0. The number of carboxylic acids is 2. The standard InChI is InChI=1S/2C22H23ClFNO5.Ca/c2*1-14(2)30-21(22(26)27)9-15-4-3-5-19(8-15)28-12-18(24)13-29-20-7-6-17(23)10-16(20)11-25;/h2*3-8,10,14,18,21H,9,12-13H2,1-2H3,(H,26,27);/q;;+2/p-2/t2*18-,21-;/m00./s1. The topological polar surface area (TPSA) is 183 Å². The van der Waals surface area contributed by atoms with E-state index in [2.05, 4.69) is 0 Å². The quantitative estimate of drug-likeness (QED) is 0.0865. The Kier molecular flexibility index (Phi) is 23.8. The van der Waals surface area contributed by atoms with E-state index in [1.165, 1.54) is 24.3 Å². The number of aliphatic carboxylic acids is 2. The number of nitriles is 2. The third-order valence-corrected chi connectivity index (χ3v) is 8.33. The van der Waals surface area contributed by atoms with Crippen molar-refractivity contribution >= 4 is 72.9 Å². The van der Waals surface area contributed by atoms with Gasteiger partial charge in [-0.1, -0.05) is 47.5 Å². The molecule has 0 unspecified atom stereocenters. The van der Waals surface area contributed by atoms with Crippen molar-refractivity contribution in [2.75, 3.05) is 26.4 Å². The summed E-state index contributed by atoms with van der Waals surface area (Å²) in [5.74, 6) is -1.33. The predicted molar refractivity (Wildman–Crippen MR) is 220 cm³/mol. The fourth-order valence-electron chi connectivity index (χ4n) is 5.24. The average molecular weight is 910 g/mol. The number of hydrogen-bond acceptors (Lipinski definition) is 12. The molecule has 320 valence electrons. The number of carbonyl (C=O) groups is 2. The number of hydrogen-bond donors (Lipinski definition) is 0. The Morgan fingerprint density at radius 1 is 0.607 bits per heavy atom. The van der Waals surface area contributed by atoms with Crippen LogP contribution in [-0.4, -0.2) is 113 Å². The summed E-state index contributed by atoms with van der Waals surface area (Å²) < 4.78 is 60.7. The van der Waals surface area contributed by atoms with Gasteiger partial charge in [-0.3, -0.25) is 0 Å². The zero-order valence-electron chi connectivity index (χ0n) is 34.0. The maximum Gasteiger partial charge on any atom is 2.00 e. The summed E-state index contributed by atoms with van der Waals surface area (Å²) in [6.45, 7) is 5.81. The van der Waals surface area contributed by atoms with Crippen molar-refractivity contribution < 1.29 is 57.0 Å². The summed E-state index contributed by atoms with van der Waals surface area (Å²) in [5.41, 5.74) is 1.76. The van der Waals surface area contributed by atoms with Gasteiger partial charge in [-0.2, -0.15) is 10.5 Å². The molecule has 0 N–H and O–H groups in total. The van der Waals surface area contributed by atoms with Crippen molar-refractivity contribution in [3.05, 3.63) is 117 Å². The summed E-state index contributed by atoms with van der Waals surface area (Å²) in [6.07, 6.45) is -5.38. The molecule has 0 amide bonds. The molecule has 12 nitrogen and oxygen atoms in total. The normalized spacial score (nSPS) is 12.6. The van der Waals surface area contributed by atoms with E-state index in [-0.39, 0.29) is 112 Å². The zero-order chi connectivity index (χ0) is 44.2. The minimum Gasteiger partial charge on any atom is -0.547 e. The van der Waals surface area contributed by atoms with Gasteiger partial charge in [0.1, 0.15) is 73.8 Å². The van der Waals surface area contributed by atoms with Gasteiger partial charge in [-0.05, 0) is 99.5 Å². The summed E-state index contributed by atoms with van der Waals surface area (Å²) in [5, 5.41) is 41.4. The molecule has 0 saturated carbocycles. The number of halogens is 4. The largest absolute Gasteiger partial charge is 2.00 e. The Labute approximate surface area is 393 Å². The molecule has 4 aromatic rings. The molecule has 0 aliphatic rings. The molecule has 0 heterocycles. The third kappa shape index (κ3) is 19.9. The summed E-state index contributed by atoms with van der Waals surface area (Å²) in [4.78, 5) is 22.5. The predicted octanol–water partition coefficient (Wildman–Crippen LogP) is 5.81. The van der Waals surface area contributed by atoms with Gasteiger partial charge in [0.05, 0.1) is 35.3 Å². The van der Waals surface area contributed by atoms with E-state index in [9.17, 15) is 28.6 Å². The SMILES string of the molecule is CC(C)O[C@@H](Cc1cccc(OC[C@H](F)COc2ccc(Cl)cc2C#N)c1)C(=O)[O-].CC(C)O[C@@H](Cc1cccc(OC[C@H](F)COc2ccc(Cl)cc2C#N)c1)C(=O)[O-].[Ca+2]. The fraction of sp³-hybridized carbons (Fsp3) is 0.364. The van der Waals surface area contributed by atoms with Crippen molar-refractivity contribution in [3.63, 3.8) is 0 Å².